The highest BCUT2D eigenvalue weighted by atomic mass is 32.1. The lowest BCUT2D eigenvalue weighted by molar-refractivity contribution is 0.0902. The van der Waals surface area contributed by atoms with E-state index < -0.39 is 6.10 Å². The average molecular weight is 347 g/mol. The molecule has 1 saturated heterocycles. The van der Waals surface area contributed by atoms with Gasteiger partial charge in [-0.3, -0.25) is 0 Å². The summed E-state index contributed by atoms with van der Waals surface area (Å²) in [5.41, 5.74) is 1.01. The average Bonchev–Trinajstić information content (AvgIpc) is 3.04. The Kier molecular flexibility index (Phi) is 5.81. The SMILES string of the molecule is Cc1nnc(N(C)CC2CCN(C[C@H](O)c3ccccc3)CC2)s1. The third kappa shape index (κ3) is 4.53. The van der Waals surface area contributed by atoms with Gasteiger partial charge in [0.2, 0.25) is 5.13 Å². The summed E-state index contributed by atoms with van der Waals surface area (Å²) in [7, 11) is 2.10. The zero-order valence-corrected chi connectivity index (χ0v) is 15.2. The van der Waals surface area contributed by atoms with Crippen LogP contribution in [0.1, 0.15) is 29.5 Å². The van der Waals surface area contributed by atoms with Gasteiger partial charge in [-0.15, -0.1) is 10.2 Å². The highest BCUT2D eigenvalue weighted by Crippen LogP contribution is 2.24. The molecule has 0 bridgehead atoms. The second kappa shape index (κ2) is 8.05. The predicted molar refractivity (Wildman–Crippen MR) is 98.5 cm³/mol. The Morgan fingerprint density at radius 2 is 1.96 bits per heavy atom. The van der Waals surface area contributed by atoms with Crippen LogP contribution < -0.4 is 4.90 Å². The van der Waals surface area contributed by atoms with Gasteiger partial charge in [0.15, 0.2) is 0 Å². The minimum absolute atomic E-state index is 0.394. The van der Waals surface area contributed by atoms with Crippen LogP contribution in [0.25, 0.3) is 0 Å². The molecule has 1 fully saturated rings. The largest absolute Gasteiger partial charge is 0.387 e. The first-order valence-corrected chi connectivity index (χ1v) is 9.40. The van der Waals surface area contributed by atoms with Crippen molar-refractivity contribution in [2.75, 3.05) is 38.1 Å². The van der Waals surface area contributed by atoms with E-state index in [1.54, 1.807) is 11.3 Å². The van der Waals surface area contributed by atoms with Crippen LogP contribution in [0.15, 0.2) is 30.3 Å². The maximum absolute atomic E-state index is 10.4. The minimum Gasteiger partial charge on any atom is -0.387 e. The van der Waals surface area contributed by atoms with Gasteiger partial charge < -0.3 is 14.9 Å². The molecule has 1 aromatic carbocycles. The quantitative estimate of drug-likeness (QED) is 0.872. The lowest BCUT2D eigenvalue weighted by Crippen LogP contribution is -2.39. The van der Waals surface area contributed by atoms with Crippen LogP contribution in [0.4, 0.5) is 5.13 Å². The molecule has 0 radical (unpaired) electrons. The predicted octanol–water partition coefficient (Wildman–Crippen LogP) is 2.73. The zero-order chi connectivity index (χ0) is 16.9. The molecule has 0 amide bonds. The smallest absolute Gasteiger partial charge is 0.208 e. The molecule has 0 aliphatic carbocycles. The van der Waals surface area contributed by atoms with Gasteiger partial charge in [-0.1, -0.05) is 41.7 Å². The number of anilines is 1. The Morgan fingerprint density at radius 3 is 2.58 bits per heavy atom. The van der Waals surface area contributed by atoms with E-state index in [2.05, 4.69) is 27.0 Å². The molecule has 24 heavy (non-hydrogen) atoms. The number of benzene rings is 1. The normalized spacial score (nSPS) is 17.8. The number of nitrogens with zero attached hydrogens (tertiary/aromatic N) is 4. The number of rotatable bonds is 6. The summed E-state index contributed by atoms with van der Waals surface area (Å²) in [5.74, 6) is 0.685. The Balaban J connectivity index is 1.44. The molecule has 1 N–H and O–H groups in total. The van der Waals surface area contributed by atoms with Crippen LogP contribution in [0.5, 0.6) is 0 Å². The number of likely N-dealkylation sites (tertiary alicyclic amines) is 1. The molecular weight excluding hydrogens is 320 g/mol. The number of aryl methyl sites for hydroxylation is 1. The summed E-state index contributed by atoms with van der Waals surface area (Å²) in [4.78, 5) is 4.60. The van der Waals surface area contributed by atoms with Gasteiger partial charge in [0, 0.05) is 20.1 Å². The van der Waals surface area contributed by atoms with Crippen LogP contribution in [-0.2, 0) is 0 Å². The van der Waals surface area contributed by atoms with Crippen molar-refractivity contribution in [3.8, 4) is 0 Å². The molecule has 3 rings (SSSR count). The van der Waals surface area contributed by atoms with Gasteiger partial charge in [0.05, 0.1) is 6.10 Å². The Hall–Kier alpha value is -1.50. The summed E-state index contributed by atoms with van der Waals surface area (Å²) in [5, 5.41) is 20.7. The number of aliphatic hydroxyl groups is 1. The Morgan fingerprint density at radius 1 is 1.25 bits per heavy atom. The lowest BCUT2D eigenvalue weighted by Gasteiger charge is -2.34. The van der Waals surface area contributed by atoms with Crippen molar-refractivity contribution in [3.63, 3.8) is 0 Å². The second-order valence-electron chi connectivity index (χ2n) is 6.65. The first kappa shape index (κ1) is 17.3. The van der Waals surface area contributed by atoms with E-state index in [1.165, 1.54) is 12.8 Å². The summed E-state index contributed by atoms with van der Waals surface area (Å²) in [6, 6.07) is 9.94. The molecular formula is C18H26N4OS. The van der Waals surface area contributed by atoms with Gasteiger partial charge in [-0.2, -0.15) is 0 Å². The first-order valence-electron chi connectivity index (χ1n) is 8.58. The van der Waals surface area contributed by atoms with E-state index in [1.807, 2.05) is 37.3 Å². The molecule has 1 atom stereocenters. The fourth-order valence-corrected chi connectivity index (χ4v) is 3.94. The molecule has 1 aromatic heterocycles. The van der Waals surface area contributed by atoms with Crippen molar-refractivity contribution in [2.24, 2.45) is 5.92 Å². The molecule has 1 aliphatic rings. The Labute approximate surface area is 147 Å². The number of piperidine rings is 1. The second-order valence-corrected chi connectivity index (χ2v) is 7.81. The summed E-state index contributed by atoms with van der Waals surface area (Å²) >= 11 is 1.65. The minimum atomic E-state index is -0.394. The van der Waals surface area contributed by atoms with Crippen LogP contribution in [0.3, 0.4) is 0 Å². The molecule has 0 spiro atoms. The maximum atomic E-state index is 10.4. The van der Waals surface area contributed by atoms with Crippen molar-refractivity contribution >= 4 is 16.5 Å². The number of aromatic nitrogens is 2. The van der Waals surface area contributed by atoms with E-state index in [0.29, 0.717) is 5.92 Å². The van der Waals surface area contributed by atoms with Gasteiger partial charge in [0.1, 0.15) is 5.01 Å². The fourth-order valence-electron chi connectivity index (χ4n) is 3.28. The van der Waals surface area contributed by atoms with Gasteiger partial charge in [-0.05, 0) is 44.3 Å². The highest BCUT2D eigenvalue weighted by Gasteiger charge is 2.23. The van der Waals surface area contributed by atoms with Crippen LogP contribution in [0.2, 0.25) is 0 Å². The molecule has 0 saturated carbocycles. The number of aliphatic hydroxyl groups excluding tert-OH is 1. The fraction of sp³-hybridized carbons (Fsp3) is 0.556. The summed E-state index contributed by atoms with van der Waals surface area (Å²) in [6.07, 6.45) is 1.95. The highest BCUT2D eigenvalue weighted by molar-refractivity contribution is 7.15. The molecule has 130 valence electrons. The third-order valence-electron chi connectivity index (χ3n) is 4.70. The molecule has 1 aliphatic heterocycles. The zero-order valence-electron chi connectivity index (χ0n) is 14.4. The maximum Gasteiger partial charge on any atom is 0.208 e. The van der Waals surface area contributed by atoms with Gasteiger partial charge >= 0.3 is 0 Å². The molecule has 0 unspecified atom stereocenters. The Bertz CT molecular complexity index is 625. The number of hydrogen-bond acceptors (Lipinski definition) is 6. The third-order valence-corrected chi connectivity index (χ3v) is 5.65. The van der Waals surface area contributed by atoms with Gasteiger partial charge in [-0.25, -0.2) is 0 Å². The lowest BCUT2D eigenvalue weighted by atomic mass is 9.96. The van der Waals surface area contributed by atoms with Gasteiger partial charge in [0.25, 0.3) is 0 Å². The van der Waals surface area contributed by atoms with E-state index >= 15 is 0 Å². The van der Waals surface area contributed by atoms with E-state index in [-0.39, 0.29) is 0 Å². The number of hydrogen-bond donors (Lipinski definition) is 1. The van der Waals surface area contributed by atoms with Crippen molar-refractivity contribution in [3.05, 3.63) is 40.9 Å². The monoisotopic (exact) mass is 346 g/mol. The van der Waals surface area contributed by atoms with Crippen molar-refractivity contribution in [1.82, 2.24) is 15.1 Å². The van der Waals surface area contributed by atoms with Crippen LogP contribution in [0, 0.1) is 12.8 Å². The van der Waals surface area contributed by atoms with Crippen LogP contribution >= 0.6 is 11.3 Å². The molecule has 5 nitrogen and oxygen atoms in total. The first-order chi connectivity index (χ1) is 11.6. The standard InChI is InChI=1S/C18H26N4OS/c1-14-19-20-18(24-14)21(2)12-15-8-10-22(11-9-15)13-17(23)16-6-4-3-5-7-16/h3-7,15,17,23H,8-13H2,1-2H3/t17-/m0/s1. The molecule has 6 heteroatoms. The molecule has 2 aromatic rings. The van der Waals surface area contributed by atoms with E-state index in [9.17, 15) is 5.11 Å². The summed E-state index contributed by atoms with van der Waals surface area (Å²) < 4.78 is 0. The molecule has 2 heterocycles. The van der Waals surface area contributed by atoms with Crippen molar-refractivity contribution in [2.45, 2.75) is 25.9 Å². The van der Waals surface area contributed by atoms with E-state index in [0.717, 1.165) is 41.9 Å². The van der Waals surface area contributed by atoms with E-state index in [4.69, 9.17) is 0 Å². The topological polar surface area (TPSA) is 52.5 Å². The van der Waals surface area contributed by atoms with Crippen molar-refractivity contribution in [1.29, 1.82) is 0 Å². The van der Waals surface area contributed by atoms with Crippen LogP contribution in [-0.4, -0.2) is 53.4 Å². The van der Waals surface area contributed by atoms with Crippen molar-refractivity contribution < 1.29 is 5.11 Å². The number of β-amino-alcohol motifs (C(OH)–C–C–N with tert-alkyl or cyclic N) is 1. The summed E-state index contributed by atoms with van der Waals surface area (Å²) in [6.45, 7) is 5.85.